The highest BCUT2D eigenvalue weighted by molar-refractivity contribution is 5.83. The fraction of sp³-hybridized carbons (Fsp3) is 0.650. The SMILES string of the molecule is COC(=O)C(C)(C)c1ccc(N(CC(C)C)C2CCOCC2)c([N+](=O)[O-])c1. The Bertz CT molecular complexity index is 681. The van der Waals surface area contributed by atoms with Crippen LogP contribution >= 0.6 is 0 Å². The predicted octanol–water partition coefficient (Wildman–Crippen LogP) is 3.69. The molecule has 7 heteroatoms. The number of esters is 1. The quantitative estimate of drug-likeness (QED) is 0.409. The number of nitrogens with zero attached hydrogens (tertiary/aromatic N) is 2. The molecule has 0 unspecified atom stereocenters. The van der Waals surface area contributed by atoms with Crippen molar-refractivity contribution in [3.05, 3.63) is 33.9 Å². The first-order valence-electron chi connectivity index (χ1n) is 9.40. The van der Waals surface area contributed by atoms with Crippen molar-refractivity contribution in [1.29, 1.82) is 0 Å². The van der Waals surface area contributed by atoms with E-state index in [2.05, 4.69) is 18.7 Å². The van der Waals surface area contributed by atoms with Crippen molar-refractivity contribution >= 4 is 17.3 Å². The Hall–Kier alpha value is -2.15. The van der Waals surface area contributed by atoms with Crippen molar-refractivity contribution in [3.8, 4) is 0 Å². The number of nitro benzene ring substituents is 1. The van der Waals surface area contributed by atoms with E-state index in [-0.39, 0.29) is 16.7 Å². The van der Waals surface area contributed by atoms with Gasteiger partial charge in [0.15, 0.2) is 0 Å². The van der Waals surface area contributed by atoms with Gasteiger partial charge in [-0.1, -0.05) is 19.9 Å². The van der Waals surface area contributed by atoms with E-state index in [9.17, 15) is 14.9 Å². The van der Waals surface area contributed by atoms with Crippen LogP contribution in [0.2, 0.25) is 0 Å². The van der Waals surface area contributed by atoms with Gasteiger partial charge in [0, 0.05) is 31.9 Å². The van der Waals surface area contributed by atoms with Crippen LogP contribution in [-0.2, 0) is 19.7 Å². The summed E-state index contributed by atoms with van der Waals surface area (Å²) in [5.41, 5.74) is 0.238. The molecule has 0 aliphatic carbocycles. The Kier molecular flexibility index (Phi) is 6.81. The molecule has 0 bridgehead atoms. The van der Waals surface area contributed by atoms with Gasteiger partial charge < -0.3 is 14.4 Å². The molecule has 1 aromatic rings. The maximum atomic E-state index is 12.1. The Morgan fingerprint density at radius 3 is 2.52 bits per heavy atom. The van der Waals surface area contributed by atoms with E-state index in [0.29, 0.717) is 30.4 Å². The zero-order valence-electron chi connectivity index (χ0n) is 16.9. The molecule has 0 N–H and O–H groups in total. The second kappa shape index (κ2) is 8.69. The van der Waals surface area contributed by atoms with E-state index < -0.39 is 11.4 Å². The maximum absolute atomic E-state index is 12.1. The molecule has 7 nitrogen and oxygen atoms in total. The summed E-state index contributed by atoms with van der Waals surface area (Å²) in [5, 5.41) is 11.9. The first-order chi connectivity index (χ1) is 12.7. The molecule has 150 valence electrons. The van der Waals surface area contributed by atoms with E-state index in [1.165, 1.54) is 13.2 Å². The zero-order valence-corrected chi connectivity index (χ0v) is 16.9. The molecule has 1 saturated heterocycles. The molecule has 1 fully saturated rings. The molecule has 1 aliphatic rings. The van der Waals surface area contributed by atoms with Crippen molar-refractivity contribution in [2.24, 2.45) is 5.92 Å². The lowest BCUT2D eigenvalue weighted by molar-refractivity contribution is -0.384. The van der Waals surface area contributed by atoms with E-state index in [0.717, 1.165) is 19.4 Å². The highest BCUT2D eigenvalue weighted by atomic mass is 16.6. The van der Waals surface area contributed by atoms with Gasteiger partial charge in [-0.25, -0.2) is 0 Å². The summed E-state index contributed by atoms with van der Waals surface area (Å²) in [6, 6.07) is 5.29. The van der Waals surface area contributed by atoms with E-state index in [1.54, 1.807) is 26.0 Å². The van der Waals surface area contributed by atoms with Gasteiger partial charge in [0.05, 0.1) is 17.4 Å². The monoisotopic (exact) mass is 378 g/mol. The van der Waals surface area contributed by atoms with Gasteiger partial charge in [-0.2, -0.15) is 0 Å². The molecule has 27 heavy (non-hydrogen) atoms. The molecule has 0 atom stereocenters. The number of methoxy groups -OCH3 is 1. The molecule has 0 spiro atoms. The third kappa shape index (κ3) is 4.77. The van der Waals surface area contributed by atoms with E-state index >= 15 is 0 Å². The number of carbonyl (C=O) groups is 1. The lowest BCUT2D eigenvalue weighted by Gasteiger charge is -2.37. The molecule has 1 aliphatic heterocycles. The third-order valence-electron chi connectivity index (χ3n) is 5.09. The first-order valence-corrected chi connectivity index (χ1v) is 9.40. The third-order valence-corrected chi connectivity index (χ3v) is 5.09. The predicted molar refractivity (Wildman–Crippen MR) is 104 cm³/mol. The minimum atomic E-state index is -0.959. The Labute approximate surface area is 160 Å². The standard InChI is InChI=1S/C20H30N2O5/c1-14(2)13-21(16-8-10-27-11-9-16)17-7-6-15(12-18(17)22(24)25)20(3,4)19(23)26-5/h6-7,12,14,16H,8-11,13H2,1-5H3. The summed E-state index contributed by atoms with van der Waals surface area (Å²) in [5.74, 6) is -0.0633. The summed E-state index contributed by atoms with van der Waals surface area (Å²) in [6.45, 7) is 9.69. The molecule has 0 aromatic heterocycles. The van der Waals surface area contributed by atoms with Gasteiger partial charge in [-0.15, -0.1) is 0 Å². The highest BCUT2D eigenvalue weighted by Gasteiger charge is 2.34. The normalized spacial score (nSPS) is 15.6. The first kappa shape index (κ1) is 21.2. The number of anilines is 1. The van der Waals surface area contributed by atoms with Crippen LogP contribution in [0.4, 0.5) is 11.4 Å². The number of hydrogen-bond acceptors (Lipinski definition) is 6. The van der Waals surface area contributed by atoms with Crippen molar-refractivity contribution in [3.63, 3.8) is 0 Å². The average Bonchev–Trinajstić information content (AvgIpc) is 2.65. The lowest BCUT2D eigenvalue weighted by atomic mass is 9.84. The number of ether oxygens (including phenoxy) is 2. The van der Waals surface area contributed by atoms with Crippen LogP contribution in [0.15, 0.2) is 18.2 Å². The van der Waals surface area contributed by atoms with Gasteiger partial charge in [-0.3, -0.25) is 14.9 Å². The van der Waals surface area contributed by atoms with Crippen molar-refractivity contribution < 1.29 is 19.2 Å². The van der Waals surface area contributed by atoms with Gasteiger partial charge in [0.1, 0.15) is 5.69 Å². The molecule has 1 aromatic carbocycles. The van der Waals surface area contributed by atoms with E-state index in [1.807, 2.05) is 0 Å². The lowest BCUT2D eigenvalue weighted by Crippen LogP contribution is -2.42. The average molecular weight is 378 g/mol. The highest BCUT2D eigenvalue weighted by Crippen LogP contribution is 2.37. The Morgan fingerprint density at radius 1 is 1.37 bits per heavy atom. The number of hydrogen-bond donors (Lipinski definition) is 0. The van der Waals surface area contributed by atoms with Crippen LogP contribution in [0.3, 0.4) is 0 Å². The summed E-state index contributed by atoms with van der Waals surface area (Å²) >= 11 is 0. The molecule has 0 saturated carbocycles. The van der Waals surface area contributed by atoms with Crippen LogP contribution in [0.25, 0.3) is 0 Å². The summed E-state index contributed by atoms with van der Waals surface area (Å²) in [6.07, 6.45) is 1.69. The second-order valence-electron chi connectivity index (χ2n) is 7.97. The number of rotatable bonds is 7. The summed E-state index contributed by atoms with van der Waals surface area (Å²) in [7, 11) is 1.32. The molecular weight excluding hydrogens is 348 g/mol. The number of nitro groups is 1. The van der Waals surface area contributed by atoms with Gasteiger partial charge >= 0.3 is 5.97 Å². The molecule has 0 amide bonds. The zero-order chi connectivity index (χ0) is 20.2. The van der Waals surface area contributed by atoms with Crippen molar-refractivity contribution in [1.82, 2.24) is 0 Å². The molecule has 2 rings (SSSR count). The Morgan fingerprint density at radius 2 is 2.00 bits per heavy atom. The van der Waals surface area contributed by atoms with Crippen LogP contribution in [0.1, 0.15) is 46.1 Å². The van der Waals surface area contributed by atoms with Gasteiger partial charge in [0.25, 0.3) is 5.69 Å². The minimum Gasteiger partial charge on any atom is -0.468 e. The van der Waals surface area contributed by atoms with Crippen LogP contribution < -0.4 is 4.90 Å². The smallest absolute Gasteiger partial charge is 0.315 e. The largest absolute Gasteiger partial charge is 0.468 e. The van der Waals surface area contributed by atoms with Gasteiger partial charge in [-0.05, 0) is 44.2 Å². The summed E-state index contributed by atoms with van der Waals surface area (Å²) < 4.78 is 10.3. The molecule has 1 heterocycles. The topological polar surface area (TPSA) is 81.9 Å². The number of carbonyl (C=O) groups excluding carboxylic acids is 1. The van der Waals surface area contributed by atoms with E-state index in [4.69, 9.17) is 9.47 Å². The maximum Gasteiger partial charge on any atom is 0.315 e. The second-order valence-corrected chi connectivity index (χ2v) is 7.97. The minimum absolute atomic E-state index is 0.0246. The fourth-order valence-electron chi connectivity index (χ4n) is 3.51. The summed E-state index contributed by atoms with van der Waals surface area (Å²) in [4.78, 5) is 25.7. The van der Waals surface area contributed by atoms with Crippen LogP contribution in [0.5, 0.6) is 0 Å². The molecular formula is C20H30N2O5. The van der Waals surface area contributed by atoms with Crippen LogP contribution in [-0.4, -0.2) is 43.8 Å². The van der Waals surface area contributed by atoms with Crippen molar-refractivity contribution in [2.75, 3.05) is 31.8 Å². The van der Waals surface area contributed by atoms with Crippen molar-refractivity contribution in [2.45, 2.75) is 52.0 Å². The van der Waals surface area contributed by atoms with Crippen LogP contribution in [0, 0.1) is 16.0 Å². The van der Waals surface area contributed by atoms with Gasteiger partial charge in [0.2, 0.25) is 0 Å². The Balaban J connectivity index is 2.49. The molecule has 0 radical (unpaired) electrons. The fourth-order valence-corrected chi connectivity index (χ4v) is 3.51. The number of benzene rings is 1.